The molecule has 0 N–H and O–H groups in total. The van der Waals surface area contributed by atoms with E-state index in [9.17, 15) is 9.18 Å². The van der Waals surface area contributed by atoms with E-state index in [1.54, 1.807) is 49.6 Å². The Morgan fingerprint density at radius 2 is 1.60 bits per heavy atom. The number of hydrogen-bond donors (Lipinski definition) is 0. The van der Waals surface area contributed by atoms with Gasteiger partial charge in [0.25, 0.3) is 0 Å². The first-order chi connectivity index (χ1) is 9.67. The number of ether oxygens (including phenoxy) is 2. The molecule has 0 spiro atoms. The van der Waals surface area contributed by atoms with Crippen LogP contribution in [-0.2, 0) is 4.79 Å². The largest absolute Gasteiger partial charge is 0.497 e. The number of esters is 1. The molecule has 2 aromatic rings. The molecule has 0 amide bonds. The van der Waals surface area contributed by atoms with Crippen molar-refractivity contribution in [3.05, 3.63) is 66.0 Å². The van der Waals surface area contributed by atoms with Crippen molar-refractivity contribution in [3.63, 3.8) is 0 Å². The minimum atomic E-state index is -0.500. The average Bonchev–Trinajstić information content (AvgIpc) is 2.47. The van der Waals surface area contributed by atoms with Gasteiger partial charge in [-0.3, -0.25) is 0 Å². The summed E-state index contributed by atoms with van der Waals surface area (Å²) in [5.41, 5.74) is 0.720. The van der Waals surface area contributed by atoms with Crippen molar-refractivity contribution in [2.75, 3.05) is 7.11 Å². The molecule has 20 heavy (non-hydrogen) atoms. The fourth-order valence-corrected chi connectivity index (χ4v) is 1.53. The van der Waals surface area contributed by atoms with E-state index in [1.165, 1.54) is 18.2 Å². The van der Waals surface area contributed by atoms with Gasteiger partial charge in [-0.15, -0.1) is 0 Å². The fourth-order valence-electron chi connectivity index (χ4n) is 1.53. The van der Waals surface area contributed by atoms with Crippen LogP contribution in [0.2, 0.25) is 0 Å². The molecule has 4 heteroatoms. The molecule has 0 radical (unpaired) electrons. The van der Waals surface area contributed by atoms with Crippen molar-refractivity contribution in [2.45, 2.75) is 0 Å². The second-order valence-electron chi connectivity index (χ2n) is 3.98. The summed E-state index contributed by atoms with van der Waals surface area (Å²) >= 11 is 0. The zero-order chi connectivity index (χ0) is 14.4. The normalized spacial score (nSPS) is 10.5. The lowest BCUT2D eigenvalue weighted by Crippen LogP contribution is -2.03. The topological polar surface area (TPSA) is 35.5 Å². The van der Waals surface area contributed by atoms with Gasteiger partial charge in [0.05, 0.1) is 7.11 Å². The zero-order valence-electron chi connectivity index (χ0n) is 10.9. The van der Waals surface area contributed by atoms with Crippen molar-refractivity contribution in [1.29, 1.82) is 0 Å². The molecule has 0 saturated carbocycles. The van der Waals surface area contributed by atoms with Crippen molar-refractivity contribution in [2.24, 2.45) is 0 Å². The molecule has 2 rings (SSSR count). The number of carbonyl (C=O) groups excluding carboxylic acids is 1. The van der Waals surface area contributed by atoms with Crippen LogP contribution in [0.4, 0.5) is 4.39 Å². The standard InChI is InChI=1S/C16H13FO3/c1-19-14-7-9-15(10-8-14)20-16(18)11-4-12-2-5-13(17)6-3-12/h2-11H,1H3/b11-4+. The first kappa shape index (κ1) is 13.8. The minimum Gasteiger partial charge on any atom is -0.497 e. The molecule has 0 unspecified atom stereocenters. The van der Waals surface area contributed by atoms with Gasteiger partial charge in [-0.2, -0.15) is 0 Å². The number of methoxy groups -OCH3 is 1. The van der Waals surface area contributed by atoms with Gasteiger partial charge < -0.3 is 9.47 Å². The summed E-state index contributed by atoms with van der Waals surface area (Å²) in [5.74, 6) is 0.300. The van der Waals surface area contributed by atoms with Gasteiger partial charge in [-0.05, 0) is 48.0 Å². The summed E-state index contributed by atoms with van der Waals surface area (Å²) in [6, 6.07) is 12.5. The summed E-state index contributed by atoms with van der Waals surface area (Å²) < 4.78 is 22.8. The van der Waals surface area contributed by atoms with Gasteiger partial charge >= 0.3 is 5.97 Å². The Balaban J connectivity index is 1.96. The summed E-state index contributed by atoms with van der Waals surface area (Å²) in [6.45, 7) is 0. The number of benzene rings is 2. The Bertz CT molecular complexity index is 601. The Labute approximate surface area is 116 Å². The quantitative estimate of drug-likeness (QED) is 0.486. The molecule has 0 atom stereocenters. The van der Waals surface area contributed by atoms with Crippen LogP contribution in [-0.4, -0.2) is 13.1 Å². The van der Waals surface area contributed by atoms with Crippen LogP contribution in [0.25, 0.3) is 6.08 Å². The van der Waals surface area contributed by atoms with E-state index in [2.05, 4.69) is 0 Å². The third kappa shape index (κ3) is 3.95. The summed E-state index contributed by atoms with van der Waals surface area (Å²) in [6.07, 6.45) is 2.85. The molecule has 0 aliphatic heterocycles. The number of hydrogen-bond acceptors (Lipinski definition) is 3. The van der Waals surface area contributed by atoms with E-state index in [4.69, 9.17) is 9.47 Å². The summed E-state index contributed by atoms with van der Waals surface area (Å²) in [4.78, 5) is 11.6. The van der Waals surface area contributed by atoms with Crippen LogP contribution in [0.1, 0.15) is 5.56 Å². The molecule has 0 aromatic heterocycles. The molecular formula is C16H13FO3. The molecule has 0 aliphatic rings. The van der Waals surface area contributed by atoms with Crippen LogP contribution in [0.3, 0.4) is 0 Å². The van der Waals surface area contributed by atoms with E-state index in [1.807, 2.05) is 0 Å². The lowest BCUT2D eigenvalue weighted by Gasteiger charge is -2.02. The second kappa shape index (κ2) is 6.52. The molecule has 0 heterocycles. The smallest absolute Gasteiger partial charge is 0.336 e. The first-order valence-electron chi connectivity index (χ1n) is 5.97. The molecule has 0 saturated heterocycles. The van der Waals surface area contributed by atoms with E-state index in [-0.39, 0.29) is 5.82 Å². The minimum absolute atomic E-state index is 0.317. The Kier molecular flexibility index (Phi) is 4.50. The van der Waals surface area contributed by atoms with Gasteiger partial charge in [0.1, 0.15) is 17.3 Å². The van der Waals surface area contributed by atoms with Crippen LogP contribution in [0.15, 0.2) is 54.6 Å². The van der Waals surface area contributed by atoms with Crippen LogP contribution < -0.4 is 9.47 Å². The van der Waals surface area contributed by atoms with Crippen LogP contribution in [0, 0.1) is 5.82 Å². The molecule has 102 valence electrons. The highest BCUT2D eigenvalue weighted by Crippen LogP contribution is 2.17. The van der Waals surface area contributed by atoms with Gasteiger partial charge in [-0.1, -0.05) is 12.1 Å². The van der Waals surface area contributed by atoms with Crippen molar-refractivity contribution >= 4 is 12.0 Å². The average molecular weight is 272 g/mol. The third-order valence-corrected chi connectivity index (χ3v) is 2.56. The molecular weight excluding hydrogens is 259 g/mol. The first-order valence-corrected chi connectivity index (χ1v) is 5.97. The highest BCUT2D eigenvalue weighted by Gasteiger charge is 2.00. The molecule has 0 fully saturated rings. The highest BCUT2D eigenvalue weighted by molar-refractivity contribution is 5.88. The lowest BCUT2D eigenvalue weighted by atomic mass is 10.2. The maximum absolute atomic E-state index is 12.7. The SMILES string of the molecule is COc1ccc(OC(=O)/C=C/c2ccc(F)cc2)cc1. The molecule has 2 aromatic carbocycles. The highest BCUT2D eigenvalue weighted by atomic mass is 19.1. The monoisotopic (exact) mass is 272 g/mol. The summed E-state index contributed by atoms with van der Waals surface area (Å²) in [7, 11) is 1.56. The Morgan fingerprint density at radius 3 is 2.20 bits per heavy atom. The zero-order valence-corrected chi connectivity index (χ0v) is 10.9. The molecule has 0 aliphatic carbocycles. The predicted molar refractivity (Wildman–Crippen MR) is 74.1 cm³/mol. The maximum Gasteiger partial charge on any atom is 0.336 e. The second-order valence-corrected chi connectivity index (χ2v) is 3.98. The maximum atomic E-state index is 12.7. The van der Waals surface area contributed by atoms with E-state index in [0.29, 0.717) is 11.5 Å². The predicted octanol–water partition coefficient (Wildman–Crippen LogP) is 3.45. The number of halogens is 1. The Morgan fingerprint density at radius 1 is 1.00 bits per heavy atom. The van der Waals surface area contributed by atoms with Gasteiger partial charge in [0, 0.05) is 6.08 Å². The number of carbonyl (C=O) groups is 1. The van der Waals surface area contributed by atoms with E-state index < -0.39 is 5.97 Å². The fraction of sp³-hybridized carbons (Fsp3) is 0.0625. The third-order valence-electron chi connectivity index (χ3n) is 2.56. The van der Waals surface area contributed by atoms with Crippen LogP contribution >= 0.6 is 0 Å². The Hall–Kier alpha value is -2.62. The van der Waals surface area contributed by atoms with Gasteiger partial charge in [-0.25, -0.2) is 9.18 Å². The lowest BCUT2D eigenvalue weighted by molar-refractivity contribution is -0.128. The summed E-state index contributed by atoms with van der Waals surface area (Å²) in [5, 5.41) is 0. The van der Waals surface area contributed by atoms with Crippen molar-refractivity contribution in [1.82, 2.24) is 0 Å². The van der Waals surface area contributed by atoms with Gasteiger partial charge in [0.15, 0.2) is 0 Å². The van der Waals surface area contributed by atoms with Gasteiger partial charge in [0.2, 0.25) is 0 Å². The molecule has 3 nitrogen and oxygen atoms in total. The van der Waals surface area contributed by atoms with E-state index >= 15 is 0 Å². The van der Waals surface area contributed by atoms with Crippen molar-refractivity contribution < 1.29 is 18.7 Å². The number of rotatable bonds is 4. The van der Waals surface area contributed by atoms with E-state index in [0.717, 1.165) is 5.56 Å². The van der Waals surface area contributed by atoms with Crippen molar-refractivity contribution in [3.8, 4) is 11.5 Å². The molecule has 0 bridgehead atoms. The van der Waals surface area contributed by atoms with Crippen LogP contribution in [0.5, 0.6) is 11.5 Å².